The van der Waals surface area contributed by atoms with Crippen LogP contribution >= 0.6 is 0 Å². The van der Waals surface area contributed by atoms with Crippen molar-refractivity contribution in [2.75, 3.05) is 0 Å². The molecule has 1 atom stereocenters. The molecule has 2 rings (SSSR count). The summed E-state index contributed by atoms with van der Waals surface area (Å²) in [6.07, 6.45) is 8.88. The molecule has 0 spiro atoms. The SMILES string of the molecule is NNC(c1cccc(F)c1)C1CCCCCCC1. The number of benzene rings is 1. The summed E-state index contributed by atoms with van der Waals surface area (Å²) in [4.78, 5) is 0. The summed E-state index contributed by atoms with van der Waals surface area (Å²) in [5, 5.41) is 0. The van der Waals surface area contributed by atoms with Crippen molar-refractivity contribution < 1.29 is 4.39 Å². The third kappa shape index (κ3) is 3.53. The fourth-order valence-corrected chi connectivity index (χ4v) is 3.03. The molecule has 2 nitrogen and oxygen atoms in total. The normalized spacial score (nSPS) is 20.1. The summed E-state index contributed by atoms with van der Waals surface area (Å²) in [6.45, 7) is 0. The maximum atomic E-state index is 13.3. The van der Waals surface area contributed by atoms with Crippen LogP contribution < -0.4 is 11.3 Å². The van der Waals surface area contributed by atoms with Gasteiger partial charge in [0.05, 0.1) is 0 Å². The van der Waals surface area contributed by atoms with Crippen molar-refractivity contribution in [2.45, 2.75) is 51.0 Å². The molecule has 0 saturated heterocycles. The Morgan fingerprint density at radius 3 is 2.39 bits per heavy atom. The van der Waals surface area contributed by atoms with Crippen LogP contribution in [-0.2, 0) is 0 Å². The lowest BCUT2D eigenvalue weighted by molar-refractivity contribution is 0.290. The molecule has 1 saturated carbocycles. The second-order valence-corrected chi connectivity index (χ2v) is 5.30. The fraction of sp³-hybridized carbons (Fsp3) is 0.600. The molecule has 0 heterocycles. The van der Waals surface area contributed by atoms with Gasteiger partial charge in [-0.1, -0.05) is 44.2 Å². The van der Waals surface area contributed by atoms with Crippen LogP contribution in [0.1, 0.15) is 56.6 Å². The van der Waals surface area contributed by atoms with E-state index in [1.807, 2.05) is 6.07 Å². The molecule has 1 aliphatic rings. The number of nitrogens with two attached hydrogens (primary N) is 1. The highest BCUT2D eigenvalue weighted by Gasteiger charge is 2.22. The van der Waals surface area contributed by atoms with Crippen LogP contribution in [0.3, 0.4) is 0 Å². The summed E-state index contributed by atoms with van der Waals surface area (Å²) in [5.74, 6) is 6.05. The summed E-state index contributed by atoms with van der Waals surface area (Å²) >= 11 is 0. The molecule has 100 valence electrons. The molecule has 1 unspecified atom stereocenters. The lowest BCUT2D eigenvalue weighted by Crippen LogP contribution is -2.34. The zero-order valence-electron chi connectivity index (χ0n) is 10.9. The van der Waals surface area contributed by atoms with Gasteiger partial charge in [0.1, 0.15) is 5.82 Å². The monoisotopic (exact) mass is 250 g/mol. The first-order valence-corrected chi connectivity index (χ1v) is 7.03. The van der Waals surface area contributed by atoms with Crippen molar-refractivity contribution >= 4 is 0 Å². The van der Waals surface area contributed by atoms with Crippen molar-refractivity contribution in [3.05, 3.63) is 35.6 Å². The predicted molar refractivity (Wildman–Crippen MR) is 72.3 cm³/mol. The average Bonchev–Trinajstić information content (AvgIpc) is 2.32. The van der Waals surface area contributed by atoms with Crippen molar-refractivity contribution in [1.29, 1.82) is 0 Å². The van der Waals surface area contributed by atoms with Gasteiger partial charge in [-0.15, -0.1) is 0 Å². The second kappa shape index (κ2) is 6.86. The van der Waals surface area contributed by atoms with Gasteiger partial charge in [-0.05, 0) is 36.5 Å². The highest BCUT2D eigenvalue weighted by molar-refractivity contribution is 5.20. The topological polar surface area (TPSA) is 38.0 Å². The molecule has 3 heteroatoms. The molecule has 1 fully saturated rings. The van der Waals surface area contributed by atoms with E-state index in [2.05, 4.69) is 5.43 Å². The third-order valence-corrected chi connectivity index (χ3v) is 4.01. The van der Waals surface area contributed by atoms with Crippen LogP contribution in [0.2, 0.25) is 0 Å². The van der Waals surface area contributed by atoms with E-state index < -0.39 is 0 Å². The average molecular weight is 250 g/mol. The Bertz CT molecular complexity index is 359. The predicted octanol–water partition coefficient (Wildman–Crippen LogP) is 3.69. The molecule has 0 radical (unpaired) electrons. The minimum Gasteiger partial charge on any atom is -0.271 e. The number of hydrazine groups is 1. The highest BCUT2D eigenvalue weighted by atomic mass is 19.1. The van der Waals surface area contributed by atoms with Gasteiger partial charge in [0.2, 0.25) is 0 Å². The van der Waals surface area contributed by atoms with Gasteiger partial charge >= 0.3 is 0 Å². The summed E-state index contributed by atoms with van der Waals surface area (Å²) in [6, 6.07) is 6.89. The second-order valence-electron chi connectivity index (χ2n) is 5.30. The molecule has 0 amide bonds. The van der Waals surface area contributed by atoms with Crippen molar-refractivity contribution in [3.63, 3.8) is 0 Å². The summed E-state index contributed by atoms with van der Waals surface area (Å²) < 4.78 is 13.3. The van der Waals surface area contributed by atoms with E-state index in [0.717, 1.165) is 5.56 Å². The van der Waals surface area contributed by atoms with Crippen LogP contribution in [-0.4, -0.2) is 0 Å². The number of hydrogen-bond acceptors (Lipinski definition) is 2. The van der Waals surface area contributed by atoms with Gasteiger partial charge in [0.15, 0.2) is 0 Å². The number of hydrogen-bond donors (Lipinski definition) is 2. The van der Waals surface area contributed by atoms with Crippen LogP contribution in [0, 0.1) is 11.7 Å². The van der Waals surface area contributed by atoms with E-state index in [1.54, 1.807) is 12.1 Å². The summed E-state index contributed by atoms with van der Waals surface area (Å²) in [5.41, 5.74) is 3.87. The van der Waals surface area contributed by atoms with Crippen LogP contribution in [0.4, 0.5) is 4.39 Å². The maximum Gasteiger partial charge on any atom is 0.123 e. The van der Waals surface area contributed by atoms with Gasteiger partial charge in [-0.25, -0.2) is 4.39 Å². The Morgan fingerprint density at radius 2 is 1.78 bits per heavy atom. The molecular weight excluding hydrogens is 227 g/mol. The zero-order valence-corrected chi connectivity index (χ0v) is 10.9. The summed E-state index contributed by atoms with van der Waals surface area (Å²) in [7, 11) is 0. The Balaban J connectivity index is 2.10. The largest absolute Gasteiger partial charge is 0.271 e. The molecule has 3 N–H and O–H groups in total. The van der Waals surface area contributed by atoms with E-state index in [4.69, 9.17) is 5.84 Å². The first-order valence-electron chi connectivity index (χ1n) is 7.03. The first kappa shape index (κ1) is 13.5. The van der Waals surface area contributed by atoms with Gasteiger partial charge in [0.25, 0.3) is 0 Å². The molecule has 0 aliphatic heterocycles. The van der Waals surface area contributed by atoms with Crippen LogP contribution in [0.15, 0.2) is 24.3 Å². The minimum absolute atomic E-state index is 0.0822. The molecule has 1 aliphatic carbocycles. The third-order valence-electron chi connectivity index (χ3n) is 4.01. The van der Waals surface area contributed by atoms with Crippen LogP contribution in [0.25, 0.3) is 0 Å². The Hall–Kier alpha value is -0.930. The van der Waals surface area contributed by atoms with Gasteiger partial charge in [-0.2, -0.15) is 0 Å². The van der Waals surface area contributed by atoms with Crippen molar-refractivity contribution in [2.24, 2.45) is 11.8 Å². The Kier molecular flexibility index (Phi) is 5.14. The zero-order chi connectivity index (χ0) is 12.8. The maximum absolute atomic E-state index is 13.3. The number of halogens is 1. The molecule has 1 aromatic carbocycles. The molecule has 1 aromatic rings. The van der Waals surface area contributed by atoms with E-state index in [-0.39, 0.29) is 11.9 Å². The van der Waals surface area contributed by atoms with Gasteiger partial charge in [-0.3, -0.25) is 11.3 Å². The van der Waals surface area contributed by atoms with Crippen LogP contribution in [0.5, 0.6) is 0 Å². The number of nitrogens with one attached hydrogen (secondary N) is 1. The van der Waals surface area contributed by atoms with E-state index in [9.17, 15) is 4.39 Å². The highest BCUT2D eigenvalue weighted by Crippen LogP contribution is 2.32. The lowest BCUT2D eigenvalue weighted by atomic mass is 9.83. The standard InChI is InChI=1S/C15H23FN2/c16-14-10-6-9-13(11-14)15(18-17)12-7-4-2-1-3-5-8-12/h6,9-12,15,18H,1-5,7-8,17H2. The number of rotatable bonds is 3. The quantitative estimate of drug-likeness (QED) is 0.634. The van der Waals surface area contributed by atoms with Gasteiger partial charge < -0.3 is 0 Å². The molecular formula is C15H23FN2. The van der Waals surface area contributed by atoms with Crippen molar-refractivity contribution in [1.82, 2.24) is 5.43 Å². The molecule has 18 heavy (non-hydrogen) atoms. The van der Waals surface area contributed by atoms with Crippen molar-refractivity contribution in [3.8, 4) is 0 Å². The van der Waals surface area contributed by atoms with Gasteiger partial charge in [0, 0.05) is 6.04 Å². The fourth-order valence-electron chi connectivity index (χ4n) is 3.03. The van der Waals surface area contributed by atoms with E-state index in [0.29, 0.717) is 5.92 Å². The minimum atomic E-state index is -0.182. The smallest absolute Gasteiger partial charge is 0.123 e. The first-order chi connectivity index (χ1) is 8.81. The lowest BCUT2D eigenvalue weighted by Gasteiger charge is -2.28. The van der Waals surface area contributed by atoms with E-state index >= 15 is 0 Å². The molecule has 0 bridgehead atoms. The van der Waals surface area contributed by atoms with E-state index in [1.165, 1.54) is 51.0 Å². The Labute approximate surface area is 109 Å². The Morgan fingerprint density at radius 1 is 1.11 bits per heavy atom. The molecule has 0 aromatic heterocycles.